The van der Waals surface area contributed by atoms with Crippen molar-refractivity contribution in [3.05, 3.63) is 23.7 Å². The van der Waals surface area contributed by atoms with E-state index in [1.165, 1.54) is 0 Å². The molecule has 0 aromatic carbocycles. The fourth-order valence-corrected chi connectivity index (χ4v) is 1.88. The van der Waals surface area contributed by atoms with Gasteiger partial charge in [-0.05, 0) is 13.0 Å². The Labute approximate surface area is 107 Å². The zero-order chi connectivity index (χ0) is 12.3. The van der Waals surface area contributed by atoms with Crippen molar-refractivity contribution in [1.29, 1.82) is 0 Å². The minimum absolute atomic E-state index is 0.351. The Bertz CT molecular complexity index is 538. The third kappa shape index (κ3) is 2.63. The number of halogens is 1. The quantitative estimate of drug-likeness (QED) is 0.693. The van der Waals surface area contributed by atoms with Crippen LogP contribution in [-0.2, 0) is 11.2 Å². The van der Waals surface area contributed by atoms with Crippen LogP contribution in [-0.4, -0.2) is 32.9 Å². The predicted octanol–water partition coefficient (Wildman–Crippen LogP) is 2.07. The summed E-state index contributed by atoms with van der Waals surface area (Å²) in [4.78, 5) is 23.0. The first kappa shape index (κ1) is 12.0. The zero-order valence-electron chi connectivity index (χ0n) is 9.36. The number of aromatic nitrogens is 3. The number of nitrogens with one attached hydrogen (secondary N) is 1. The van der Waals surface area contributed by atoms with Crippen LogP contribution in [0.5, 0.6) is 0 Å². The zero-order valence-corrected chi connectivity index (χ0v) is 11.0. The summed E-state index contributed by atoms with van der Waals surface area (Å²) in [6.45, 7) is 2.12. The number of alkyl halides is 1. The van der Waals surface area contributed by atoms with Crippen LogP contribution in [0.25, 0.3) is 11.2 Å². The van der Waals surface area contributed by atoms with Crippen LogP contribution in [0.2, 0.25) is 0 Å². The number of rotatable bonds is 4. The molecular formula is C11H12BrN3O2. The minimum atomic E-state index is -0.380. The number of carbonyl (C=O) groups excluding carboxylic acids is 1. The van der Waals surface area contributed by atoms with Crippen molar-refractivity contribution in [3.8, 4) is 0 Å². The largest absolute Gasteiger partial charge is 0.461 e. The second-order valence-corrected chi connectivity index (χ2v) is 4.23. The van der Waals surface area contributed by atoms with Crippen molar-refractivity contribution in [1.82, 2.24) is 15.0 Å². The van der Waals surface area contributed by atoms with Gasteiger partial charge in [-0.1, -0.05) is 15.9 Å². The fraction of sp³-hybridized carbons (Fsp3) is 0.364. The Kier molecular flexibility index (Phi) is 3.73. The maximum Gasteiger partial charge on any atom is 0.354 e. The van der Waals surface area contributed by atoms with E-state index in [1.807, 2.05) is 0 Å². The molecule has 1 N–H and O–H groups in total. The SMILES string of the molecule is CCOC(=O)c1cc2nc(CCBr)cnc2[nH]1. The maximum absolute atomic E-state index is 11.5. The number of hydrogen-bond donors (Lipinski definition) is 1. The van der Waals surface area contributed by atoms with E-state index in [0.29, 0.717) is 23.5 Å². The topological polar surface area (TPSA) is 67.9 Å². The molecule has 0 aliphatic carbocycles. The van der Waals surface area contributed by atoms with E-state index in [-0.39, 0.29) is 5.97 Å². The van der Waals surface area contributed by atoms with Gasteiger partial charge in [-0.2, -0.15) is 0 Å². The van der Waals surface area contributed by atoms with Gasteiger partial charge in [0.15, 0.2) is 5.65 Å². The lowest BCUT2D eigenvalue weighted by atomic mass is 10.3. The van der Waals surface area contributed by atoms with Crippen molar-refractivity contribution in [2.75, 3.05) is 11.9 Å². The normalized spacial score (nSPS) is 10.7. The first-order chi connectivity index (χ1) is 8.24. The van der Waals surface area contributed by atoms with Crippen molar-refractivity contribution < 1.29 is 9.53 Å². The van der Waals surface area contributed by atoms with Gasteiger partial charge < -0.3 is 9.72 Å². The van der Waals surface area contributed by atoms with Crippen LogP contribution in [0.3, 0.4) is 0 Å². The summed E-state index contributed by atoms with van der Waals surface area (Å²) in [6.07, 6.45) is 2.51. The number of fused-ring (bicyclic) bond motifs is 1. The summed E-state index contributed by atoms with van der Waals surface area (Å²) in [5, 5.41) is 0.836. The number of hydrogen-bond acceptors (Lipinski definition) is 4. The highest BCUT2D eigenvalue weighted by Crippen LogP contribution is 2.12. The second-order valence-electron chi connectivity index (χ2n) is 3.44. The number of aryl methyl sites for hydroxylation is 1. The molecule has 0 bridgehead atoms. The van der Waals surface area contributed by atoms with E-state index >= 15 is 0 Å². The second kappa shape index (κ2) is 5.27. The Morgan fingerprint density at radius 2 is 2.41 bits per heavy atom. The molecule has 0 unspecified atom stereocenters. The summed E-state index contributed by atoms with van der Waals surface area (Å²) in [5.41, 5.74) is 2.57. The van der Waals surface area contributed by atoms with Crippen molar-refractivity contribution >= 4 is 33.1 Å². The Balaban J connectivity index is 2.33. The van der Waals surface area contributed by atoms with Gasteiger partial charge in [0.05, 0.1) is 18.5 Å². The van der Waals surface area contributed by atoms with Crippen molar-refractivity contribution in [2.45, 2.75) is 13.3 Å². The van der Waals surface area contributed by atoms with Gasteiger partial charge in [0.2, 0.25) is 0 Å². The van der Waals surface area contributed by atoms with Crippen molar-refractivity contribution in [2.24, 2.45) is 0 Å². The maximum atomic E-state index is 11.5. The van der Waals surface area contributed by atoms with Gasteiger partial charge in [-0.15, -0.1) is 0 Å². The smallest absolute Gasteiger partial charge is 0.354 e. The van der Waals surface area contributed by atoms with Crippen LogP contribution in [0.15, 0.2) is 12.3 Å². The highest BCUT2D eigenvalue weighted by molar-refractivity contribution is 9.09. The number of ether oxygens (including phenoxy) is 1. The van der Waals surface area contributed by atoms with Gasteiger partial charge in [0.25, 0.3) is 0 Å². The molecule has 5 nitrogen and oxygen atoms in total. The van der Waals surface area contributed by atoms with E-state index in [4.69, 9.17) is 4.74 Å². The first-order valence-electron chi connectivity index (χ1n) is 5.32. The van der Waals surface area contributed by atoms with Crippen LogP contribution in [0.1, 0.15) is 23.1 Å². The van der Waals surface area contributed by atoms with Crippen LogP contribution in [0, 0.1) is 0 Å². The van der Waals surface area contributed by atoms with Gasteiger partial charge in [0.1, 0.15) is 11.2 Å². The number of carbonyl (C=O) groups is 1. The van der Waals surface area contributed by atoms with E-state index < -0.39 is 0 Å². The summed E-state index contributed by atoms with van der Waals surface area (Å²) in [5.74, 6) is -0.380. The van der Waals surface area contributed by atoms with E-state index in [9.17, 15) is 4.79 Å². The molecular weight excluding hydrogens is 286 g/mol. The standard InChI is InChI=1S/C11H12BrN3O2/c1-2-17-11(16)9-5-8-10(15-9)13-6-7(14-8)3-4-12/h5-6H,2-4H2,1H3,(H,13,15). The predicted molar refractivity (Wildman–Crippen MR) is 67.3 cm³/mol. The molecule has 0 aliphatic rings. The summed E-state index contributed by atoms with van der Waals surface area (Å²) >= 11 is 3.35. The molecule has 90 valence electrons. The van der Waals surface area contributed by atoms with Gasteiger partial charge >= 0.3 is 5.97 Å². The lowest BCUT2D eigenvalue weighted by molar-refractivity contribution is 0.0520. The van der Waals surface area contributed by atoms with Gasteiger partial charge in [0, 0.05) is 11.8 Å². The van der Waals surface area contributed by atoms with Gasteiger partial charge in [-0.25, -0.2) is 14.8 Å². The average Bonchev–Trinajstić information content (AvgIpc) is 2.73. The molecule has 0 radical (unpaired) electrons. The number of H-pyrrole nitrogens is 1. The number of aromatic amines is 1. The Morgan fingerprint density at radius 3 is 3.12 bits per heavy atom. The van der Waals surface area contributed by atoms with E-state index in [0.717, 1.165) is 17.4 Å². The molecule has 2 aromatic rings. The molecule has 17 heavy (non-hydrogen) atoms. The van der Waals surface area contributed by atoms with E-state index in [1.54, 1.807) is 19.2 Å². The lowest BCUT2D eigenvalue weighted by Crippen LogP contribution is -2.04. The molecule has 2 aromatic heterocycles. The first-order valence-corrected chi connectivity index (χ1v) is 6.44. The summed E-state index contributed by atoms with van der Waals surface area (Å²) in [7, 11) is 0. The highest BCUT2D eigenvalue weighted by Gasteiger charge is 2.11. The molecule has 0 atom stereocenters. The molecule has 2 rings (SSSR count). The number of nitrogens with zero attached hydrogens (tertiary/aromatic N) is 2. The monoisotopic (exact) mass is 297 g/mol. The van der Waals surface area contributed by atoms with Crippen LogP contribution >= 0.6 is 15.9 Å². The van der Waals surface area contributed by atoms with Crippen molar-refractivity contribution in [3.63, 3.8) is 0 Å². The third-order valence-corrected chi connectivity index (χ3v) is 2.63. The molecule has 0 spiro atoms. The molecule has 0 fully saturated rings. The molecule has 0 aliphatic heterocycles. The van der Waals surface area contributed by atoms with Crippen LogP contribution in [0.4, 0.5) is 0 Å². The Morgan fingerprint density at radius 1 is 1.59 bits per heavy atom. The molecule has 6 heteroatoms. The minimum Gasteiger partial charge on any atom is -0.461 e. The third-order valence-electron chi connectivity index (χ3n) is 2.23. The lowest BCUT2D eigenvalue weighted by Gasteiger charge is -1.96. The highest BCUT2D eigenvalue weighted by atomic mass is 79.9. The average molecular weight is 298 g/mol. The molecule has 0 saturated carbocycles. The molecule has 0 saturated heterocycles. The number of esters is 1. The van der Waals surface area contributed by atoms with Gasteiger partial charge in [-0.3, -0.25) is 0 Å². The van der Waals surface area contributed by atoms with Crippen LogP contribution < -0.4 is 0 Å². The summed E-state index contributed by atoms with van der Waals surface area (Å²) in [6, 6.07) is 1.66. The molecule has 2 heterocycles. The Hall–Kier alpha value is -1.43. The molecule has 0 amide bonds. The fourth-order valence-electron chi connectivity index (χ4n) is 1.48. The summed E-state index contributed by atoms with van der Waals surface area (Å²) < 4.78 is 4.90. The van der Waals surface area contributed by atoms with E-state index in [2.05, 4.69) is 30.9 Å².